The number of pyridine rings is 1. The highest BCUT2D eigenvalue weighted by atomic mass is 32.1. The molecule has 4 rings (SSSR count). The number of thiazole rings is 1. The van der Waals surface area contributed by atoms with E-state index in [1.54, 1.807) is 0 Å². The molecule has 1 aromatic carbocycles. The summed E-state index contributed by atoms with van der Waals surface area (Å²) in [5, 5.41) is 1.51. The third kappa shape index (κ3) is 2.76. The van der Waals surface area contributed by atoms with Crippen molar-refractivity contribution in [3.63, 3.8) is 0 Å². The number of benzene rings is 1. The Morgan fingerprint density at radius 3 is 2.80 bits per heavy atom. The number of carbonyl (C=O) groups excluding carboxylic acids is 1. The van der Waals surface area contributed by atoms with Gasteiger partial charge in [-0.15, -0.1) is 11.3 Å². The Kier molecular flexibility index (Phi) is 3.72. The number of nitrogens with two attached hydrogens (primary N) is 1. The first-order valence-corrected chi connectivity index (χ1v) is 9.16. The fourth-order valence-electron chi connectivity index (χ4n) is 3.55. The summed E-state index contributed by atoms with van der Waals surface area (Å²) in [4.78, 5) is 25.2. The molecule has 25 heavy (non-hydrogen) atoms. The summed E-state index contributed by atoms with van der Waals surface area (Å²) in [6, 6.07) is 6.07. The number of anilines is 1. The van der Waals surface area contributed by atoms with E-state index < -0.39 is 0 Å². The van der Waals surface area contributed by atoms with Gasteiger partial charge in [0, 0.05) is 28.9 Å². The molecule has 0 bridgehead atoms. The van der Waals surface area contributed by atoms with Crippen LogP contribution in [0.4, 0.5) is 5.13 Å². The Balaban J connectivity index is 1.78. The van der Waals surface area contributed by atoms with E-state index in [4.69, 9.17) is 5.73 Å². The summed E-state index contributed by atoms with van der Waals surface area (Å²) >= 11 is 1.48. The minimum Gasteiger partial charge on any atom is -0.375 e. The lowest BCUT2D eigenvalue weighted by molar-refractivity contribution is 0.0738. The molecule has 128 valence electrons. The van der Waals surface area contributed by atoms with Gasteiger partial charge in [-0.05, 0) is 38.5 Å². The van der Waals surface area contributed by atoms with Crippen LogP contribution in [0, 0.1) is 20.8 Å². The molecular weight excluding hydrogens is 332 g/mol. The van der Waals surface area contributed by atoms with Gasteiger partial charge in [-0.2, -0.15) is 0 Å². The number of aromatic nitrogens is 2. The van der Waals surface area contributed by atoms with Crippen LogP contribution in [-0.4, -0.2) is 27.3 Å². The van der Waals surface area contributed by atoms with E-state index in [1.165, 1.54) is 11.3 Å². The van der Waals surface area contributed by atoms with E-state index in [9.17, 15) is 4.79 Å². The van der Waals surface area contributed by atoms with E-state index in [0.717, 1.165) is 50.3 Å². The Labute approximate surface area is 150 Å². The predicted octanol–water partition coefficient (Wildman–Crippen LogP) is 3.40. The summed E-state index contributed by atoms with van der Waals surface area (Å²) in [5.41, 5.74) is 11.6. The molecule has 0 radical (unpaired) electrons. The Morgan fingerprint density at radius 1 is 1.20 bits per heavy atom. The zero-order valence-electron chi connectivity index (χ0n) is 14.6. The number of amides is 1. The van der Waals surface area contributed by atoms with E-state index in [-0.39, 0.29) is 5.91 Å². The summed E-state index contributed by atoms with van der Waals surface area (Å²) in [5.74, 6) is 0.0538. The van der Waals surface area contributed by atoms with Gasteiger partial charge in [0.05, 0.1) is 23.3 Å². The SMILES string of the molecule is Cc1cc(C)c2nc(C)cc(C(=O)N3CCc4nc(N)sc4C3)c2c1. The first kappa shape index (κ1) is 16.0. The molecule has 1 aliphatic rings. The van der Waals surface area contributed by atoms with Crippen molar-refractivity contribution in [1.82, 2.24) is 14.9 Å². The van der Waals surface area contributed by atoms with Crippen LogP contribution >= 0.6 is 11.3 Å². The summed E-state index contributed by atoms with van der Waals surface area (Å²) in [6.07, 6.45) is 0.759. The van der Waals surface area contributed by atoms with Crippen LogP contribution in [0.2, 0.25) is 0 Å². The number of hydrogen-bond donors (Lipinski definition) is 1. The lowest BCUT2D eigenvalue weighted by Crippen LogP contribution is -2.35. The van der Waals surface area contributed by atoms with Crippen molar-refractivity contribution in [2.24, 2.45) is 0 Å². The van der Waals surface area contributed by atoms with E-state index in [0.29, 0.717) is 18.2 Å². The quantitative estimate of drug-likeness (QED) is 0.728. The minimum atomic E-state index is 0.0538. The molecule has 0 saturated carbocycles. The van der Waals surface area contributed by atoms with Gasteiger partial charge in [0.15, 0.2) is 5.13 Å². The van der Waals surface area contributed by atoms with Crippen LogP contribution in [0.3, 0.4) is 0 Å². The first-order chi connectivity index (χ1) is 11.9. The van der Waals surface area contributed by atoms with Crippen molar-refractivity contribution in [1.29, 1.82) is 0 Å². The van der Waals surface area contributed by atoms with Crippen LogP contribution in [-0.2, 0) is 13.0 Å². The van der Waals surface area contributed by atoms with Crippen LogP contribution in [0.5, 0.6) is 0 Å². The molecule has 3 aromatic rings. The number of nitrogen functional groups attached to an aromatic ring is 1. The van der Waals surface area contributed by atoms with Gasteiger partial charge in [-0.25, -0.2) is 4.98 Å². The van der Waals surface area contributed by atoms with Crippen molar-refractivity contribution in [2.45, 2.75) is 33.7 Å². The fourth-order valence-corrected chi connectivity index (χ4v) is 4.44. The zero-order chi connectivity index (χ0) is 17.7. The van der Waals surface area contributed by atoms with Gasteiger partial charge < -0.3 is 10.6 Å². The third-order valence-electron chi connectivity index (χ3n) is 4.64. The number of aryl methyl sites for hydroxylation is 3. The maximum atomic E-state index is 13.3. The fraction of sp³-hybridized carbons (Fsp3) is 0.316. The van der Waals surface area contributed by atoms with Crippen molar-refractivity contribution in [2.75, 3.05) is 12.3 Å². The van der Waals surface area contributed by atoms with Crippen LogP contribution in [0.1, 0.15) is 37.7 Å². The molecule has 1 aliphatic heterocycles. The zero-order valence-corrected chi connectivity index (χ0v) is 15.4. The number of carbonyl (C=O) groups is 1. The van der Waals surface area contributed by atoms with Crippen LogP contribution in [0.25, 0.3) is 10.9 Å². The standard InChI is InChI=1S/C19H20N4OS/c1-10-6-11(2)17-13(7-10)14(8-12(3)21-17)18(24)23-5-4-15-16(9-23)25-19(20)22-15/h6-8H,4-5,9H2,1-3H3,(H2,20,22). The molecule has 1 amide bonds. The number of hydrogen-bond acceptors (Lipinski definition) is 5. The van der Waals surface area contributed by atoms with E-state index >= 15 is 0 Å². The highest BCUT2D eigenvalue weighted by Gasteiger charge is 2.26. The lowest BCUT2D eigenvalue weighted by atomic mass is 10.0. The van der Waals surface area contributed by atoms with Gasteiger partial charge in [-0.1, -0.05) is 11.6 Å². The average molecular weight is 352 g/mol. The largest absolute Gasteiger partial charge is 0.375 e. The minimum absolute atomic E-state index is 0.0538. The maximum absolute atomic E-state index is 13.3. The van der Waals surface area contributed by atoms with Gasteiger partial charge in [0.2, 0.25) is 0 Å². The highest BCUT2D eigenvalue weighted by Crippen LogP contribution is 2.29. The number of fused-ring (bicyclic) bond motifs is 2. The molecule has 0 aliphatic carbocycles. The topological polar surface area (TPSA) is 72.1 Å². The van der Waals surface area contributed by atoms with Crippen molar-refractivity contribution in [3.8, 4) is 0 Å². The van der Waals surface area contributed by atoms with Gasteiger partial charge in [0.1, 0.15) is 0 Å². The van der Waals surface area contributed by atoms with E-state index in [1.807, 2.05) is 31.7 Å². The lowest BCUT2D eigenvalue weighted by Gasteiger charge is -2.27. The second-order valence-electron chi connectivity index (χ2n) is 6.69. The molecule has 0 atom stereocenters. The first-order valence-electron chi connectivity index (χ1n) is 8.34. The average Bonchev–Trinajstić information content (AvgIpc) is 2.93. The second-order valence-corrected chi connectivity index (χ2v) is 7.80. The Bertz CT molecular complexity index is 1010. The molecule has 0 unspecified atom stereocenters. The Morgan fingerprint density at radius 2 is 2.00 bits per heavy atom. The third-order valence-corrected chi connectivity index (χ3v) is 5.55. The molecule has 0 fully saturated rings. The Hall–Kier alpha value is -2.47. The van der Waals surface area contributed by atoms with E-state index in [2.05, 4.69) is 22.1 Å². The van der Waals surface area contributed by atoms with Crippen LogP contribution < -0.4 is 5.73 Å². The number of nitrogens with zero attached hydrogens (tertiary/aromatic N) is 3. The molecule has 2 aromatic heterocycles. The molecule has 3 heterocycles. The number of rotatable bonds is 1. The highest BCUT2D eigenvalue weighted by molar-refractivity contribution is 7.15. The monoisotopic (exact) mass is 352 g/mol. The van der Waals surface area contributed by atoms with Gasteiger partial charge in [0.25, 0.3) is 5.91 Å². The molecular formula is C19H20N4OS. The molecule has 0 spiro atoms. The molecule has 6 heteroatoms. The van der Waals surface area contributed by atoms with Gasteiger partial charge in [-0.3, -0.25) is 9.78 Å². The predicted molar refractivity (Wildman–Crippen MR) is 101 cm³/mol. The summed E-state index contributed by atoms with van der Waals surface area (Å²) < 4.78 is 0. The second kappa shape index (κ2) is 5.81. The maximum Gasteiger partial charge on any atom is 0.254 e. The molecule has 5 nitrogen and oxygen atoms in total. The summed E-state index contributed by atoms with van der Waals surface area (Å²) in [7, 11) is 0. The van der Waals surface area contributed by atoms with Crippen molar-refractivity contribution < 1.29 is 4.79 Å². The van der Waals surface area contributed by atoms with Crippen LogP contribution in [0.15, 0.2) is 18.2 Å². The molecule has 0 saturated heterocycles. The normalized spacial score (nSPS) is 14.0. The smallest absolute Gasteiger partial charge is 0.254 e. The van der Waals surface area contributed by atoms with Crippen molar-refractivity contribution in [3.05, 3.63) is 51.2 Å². The van der Waals surface area contributed by atoms with Crippen molar-refractivity contribution >= 4 is 33.3 Å². The summed E-state index contributed by atoms with van der Waals surface area (Å²) in [6.45, 7) is 7.28. The molecule has 2 N–H and O–H groups in total. The van der Waals surface area contributed by atoms with Gasteiger partial charge >= 0.3 is 0 Å².